The first-order chi connectivity index (χ1) is 32.1. The predicted molar refractivity (Wildman–Crippen MR) is 261 cm³/mol. The number of ether oxygens (including phenoxy) is 2. The van der Waals surface area contributed by atoms with Gasteiger partial charge >= 0.3 is 0 Å². The van der Waals surface area contributed by atoms with Crippen LogP contribution < -0.4 is 35.6 Å². The molecule has 304 valence electrons. The highest BCUT2D eigenvalue weighted by Gasteiger charge is 2.66. The van der Waals surface area contributed by atoms with Crippen molar-refractivity contribution >= 4 is 104 Å². The van der Waals surface area contributed by atoms with Crippen LogP contribution >= 0.6 is 0 Å². The number of hydrogen-bond acceptors (Lipinski definition) is 3. The van der Waals surface area contributed by atoms with Crippen molar-refractivity contribution in [3.8, 4) is 11.5 Å². The Balaban J connectivity index is 0.919. The minimum atomic E-state index is -0.0417. The molecule has 1 aliphatic heterocycles. The lowest BCUT2D eigenvalue weighted by atomic mass is 9.59. The minimum Gasteiger partial charge on any atom is -0.485 e. The van der Waals surface area contributed by atoms with Gasteiger partial charge in [-0.2, -0.15) is 0 Å². The molecule has 6 atom stereocenters. The molecule has 3 heteroatoms. The summed E-state index contributed by atoms with van der Waals surface area (Å²) in [7, 11) is 2.45. The molecular formula is C62H39NO2. The molecule has 2 fully saturated rings. The van der Waals surface area contributed by atoms with Gasteiger partial charge in [-0.05, 0) is 197 Å². The van der Waals surface area contributed by atoms with Crippen molar-refractivity contribution in [1.29, 1.82) is 0 Å². The lowest BCUT2D eigenvalue weighted by molar-refractivity contribution is 0.215. The fourth-order valence-electron chi connectivity index (χ4n) is 18.2. The van der Waals surface area contributed by atoms with Crippen LogP contribution in [0.5, 0.6) is 11.5 Å². The molecule has 0 N–H and O–H groups in total. The fourth-order valence-corrected chi connectivity index (χ4v) is 18.2. The van der Waals surface area contributed by atoms with Crippen molar-refractivity contribution in [3.63, 3.8) is 0 Å². The maximum Gasteiger partial charge on any atom is 0.162 e. The molecule has 11 aromatic carbocycles. The van der Waals surface area contributed by atoms with E-state index in [1.807, 2.05) is 5.57 Å². The summed E-state index contributed by atoms with van der Waals surface area (Å²) in [5, 5.41) is 31.2. The van der Waals surface area contributed by atoms with Gasteiger partial charge in [-0.1, -0.05) is 102 Å². The summed E-state index contributed by atoms with van der Waals surface area (Å²) < 4.78 is 13.6. The summed E-state index contributed by atoms with van der Waals surface area (Å²) in [6.45, 7) is 2.08. The molecule has 0 radical (unpaired) electrons. The van der Waals surface area contributed by atoms with Gasteiger partial charge in [-0.3, -0.25) is 4.90 Å². The van der Waals surface area contributed by atoms with Gasteiger partial charge in [-0.25, -0.2) is 0 Å². The van der Waals surface area contributed by atoms with Crippen molar-refractivity contribution in [2.45, 2.75) is 56.8 Å². The predicted octanol–water partition coefficient (Wildman–Crippen LogP) is 9.45. The zero-order valence-corrected chi connectivity index (χ0v) is 35.9. The van der Waals surface area contributed by atoms with Crippen LogP contribution in [-0.2, 0) is 26.1 Å². The largest absolute Gasteiger partial charge is 0.485 e. The summed E-state index contributed by atoms with van der Waals surface area (Å²) in [6.07, 6.45) is 10.1. The molecule has 1 saturated heterocycles. The van der Waals surface area contributed by atoms with Crippen LogP contribution in [0, 0.1) is 17.3 Å². The van der Waals surface area contributed by atoms with Crippen LogP contribution in [0.1, 0.15) is 69.7 Å². The molecule has 6 unspecified atom stereocenters. The van der Waals surface area contributed by atoms with Gasteiger partial charge in [0, 0.05) is 35.8 Å². The number of fused-ring (bicyclic) bond motifs is 1. The number of benzene rings is 8. The fraction of sp³-hybridized carbons (Fsp3) is 0.226. The Morgan fingerprint density at radius 2 is 1.29 bits per heavy atom. The molecule has 9 aliphatic rings. The van der Waals surface area contributed by atoms with Crippen molar-refractivity contribution in [2.24, 2.45) is 17.3 Å². The number of nitrogens with zero attached hydrogens (tertiary/aromatic N) is 1. The quantitative estimate of drug-likeness (QED) is 0.150. The van der Waals surface area contributed by atoms with Gasteiger partial charge in [0.2, 0.25) is 0 Å². The van der Waals surface area contributed by atoms with Crippen LogP contribution in [0.15, 0.2) is 91.0 Å². The van der Waals surface area contributed by atoms with E-state index in [1.165, 1.54) is 17.2 Å². The Hall–Kier alpha value is -6.68. The van der Waals surface area contributed by atoms with Gasteiger partial charge in [-0.15, -0.1) is 0 Å². The van der Waals surface area contributed by atoms with E-state index in [4.69, 9.17) is 9.47 Å². The maximum atomic E-state index is 6.88. The molecule has 1 spiro atoms. The summed E-state index contributed by atoms with van der Waals surface area (Å²) in [5.74, 6) is 3.48. The van der Waals surface area contributed by atoms with E-state index >= 15 is 0 Å². The van der Waals surface area contributed by atoms with Gasteiger partial charge in [0.1, 0.15) is 13.2 Å². The first kappa shape index (κ1) is 32.1. The Labute approximate surface area is 372 Å². The van der Waals surface area contributed by atoms with E-state index in [1.54, 1.807) is 130 Å². The summed E-state index contributed by atoms with van der Waals surface area (Å²) >= 11 is 0. The Bertz CT molecular complexity index is 4540. The molecule has 65 heavy (non-hydrogen) atoms. The van der Waals surface area contributed by atoms with Crippen molar-refractivity contribution in [1.82, 2.24) is 4.90 Å². The van der Waals surface area contributed by atoms with Gasteiger partial charge in [0.15, 0.2) is 11.5 Å². The van der Waals surface area contributed by atoms with Crippen molar-refractivity contribution in [2.75, 3.05) is 13.6 Å². The first-order valence-electron chi connectivity index (χ1n) is 24.4. The molecule has 11 aromatic rings. The van der Waals surface area contributed by atoms with Crippen LogP contribution in [0.25, 0.3) is 104 Å². The third-order valence-electron chi connectivity index (χ3n) is 19.6. The highest BCUT2D eigenvalue weighted by Crippen LogP contribution is 2.74. The molecule has 0 amide bonds. The van der Waals surface area contributed by atoms with Crippen LogP contribution in [0.2, 0.25) is 0 Å². The molecule has 0 bridgehead atoms. The van der Waals surface area contributed by atoms with Crippen molar-refractivity contribution < 1.29 is 9.47 Å². The van der Waals surface area contributed by atoms with E-state index < -0.39 is 0 Å². The van der Waals surface area contributed by atoms with E-state index in [-0.39, 0.29) is 11.5 Å². The number of hydrogen-bond donors (Lipinski definition) is 0. The van der Waals surface area contributed by atoms with Gasteiger partial charge in [0.25, 0.3) is 0 Å². The molecule has 0 aromatic heterocycles. The monoisotopic (exact) mass is 829 g/mol. The average molecular weight is 830 g/mol. The average Bonchev–Trinajstić information content (AvgIpc) is 4.19. The Morgan fingerprint density at radius 3 is 2.12 bits per heavy atom. The second-order valence-corrected chi connectivity index (χ2v) is 22.0. The second-order valence-electron chi connectivity index (χ2n) is 22.0. The second kappa shape index (κ2) is 9.78. The SMILES string of the molecule is CN1CC2C3=c4c5c6c7c8c9c(cc%10c%11c%12c%13c%14c(cc%15c%16c(c4c6c(c%16%14)c%13c7c%119)=C(C3)C%15)=CC%12C%10)=CC3CC2(C=5C83)C1c1ccc(OCc2ccccc2)c(OCc2ccccc2)c1. The topological polar surface area (TPSA) is 21.7 Å². The maximum absolute atomic E-state index is 6.88. The van der Waals surface area contributed by atoms with E-state index in [2.05, 4.69) is 115 Å². The highest BCUT2D eigenvalue weighted by molar-refractivity contribution is 6.54. The van der Waals surface area contributed by atoms with Gasteiger partial charge < -0.3 is 9.47 Å². The van der Waals surface area contributed by atoms with Crippen LogP contribution in [0.4, 0.5) is 0 Å². The van der Waals surface area contributed by atoms with Crippen molar-refractivity contribution in [3.05, 3.63) is 156 Å². The lowest BCUT2D eigenvalue weighted by Gasteiger charge is -2.44. The van der Waals surface area contributed by atoms with Gasteiger partial charge in [0.05, 0.1) is 0 Å². The summed E-state index contributed by atoms with van der Waals surface area (Å²) in [5.41, 5.74) is 15.6. The van der Waals surface area contributed by atoms with E-state index in [0.717, 1.165) is 48.4 Å². The number of likely N-dealkylation sites (tertiary alicyclic amines) is 1. The smallest absolute Gasteiger partial charge is 0.162 e. The molecule has 3 nitrogen and oxygen atoms in total. The third kappa shape index (κ3) is 3.06. The number of rotatable bonds is 7. The zero-order chi connectivity index (χ0) is 41.2. The highest BCUT2D eigenvalue weighted by atomic mass is 16.5. The molecular weight excluding hydrogens is 791 g/mol. The first-order valence-corrected chi connectivity index (χ1v) is 24.4. The molecule has 1 saturated carbocycles. The zero-order valence-electron chi connectivity index (χ0n) is 35.9. The third-order valence-corrected chi connectivity index (χ3v) is 19.6. The molecule has 20 rings (SSSR count). The van der Waals surface area contributed by atoms with E-state index in [9.17, 15) is 0 Å². The normalized spacial score (nSPS) is 26.4. The summed E-state index contributed by atoms with van der Waals surface area (Å²) in [4.78, 5) is 2.78. The van der Waals surface area contributed by atoms with Crippen LogP contribution in [-0.4, -0.2) is 18.5 Å². The minimum absolute atomic E-state index is 0.0417. The molecule has 1 heterocycles. The van der Waals surface area contributed by atoms with Crippen LogP contribution in [0.3, 0.4) is 0 Å². The lowest BCUT2D eigenvalue weighted by Crippen LogP contribution is -2.47. The Morgan fingerprint density at radius 1 is 0.585 bits per heavy atom. The standard InChI is InChI=1S/C62H39NO2/c1-63-23-37-36-20-34-18-31-16-32-15-29-14-30-17-33-19-35-22-62(37,61(63)28-12-13-38(64-24-26-8-4-2-5-9-26)39(21-28)65-25-27-10-6-3-7-11-27)60-46(35)51-45(33)50-41(30)40(29)48-44(32)49-42(31)43(34)52-47(36)59(60)58-56(51)54(50)53(48)55(49)57(52)58/h2-13,15-17,19,21,29,35,37,46,61H,14,18,20,22-25H2,1H3. The Kier molecular flexibility index (Phi) is 4.82. The molecule has 8 aliphatic carbocycles. The van der Waals surface area contributed by atoms with E-state index in [0.29, 0.717) is 36.9 Å². The summed E-state index contributed by atoms with van der Waals surface area (Å²) in [6, 6.07) is 33.8.